The second kappa shape index (κ2) is 6.57. The van der Waals surface area contributed by atoms with Crippen molar-refractivity contribution in [2.45, 2.75) is 13.3 Å². The number of rotatable bonds is 2. The van der Waals surface area contributed by atoms with Crippen LogP contribution in [-0.4, -0.2) is 36.3 Å². The van der Waals surface area contributed by atoms with E-state index in [1.807, 2.05) is 6.92 Å². The Morgan fingerprint density at radius 2 is 1.96 bits per heavy atom. The molecule has 122 valence electrons. The van der Waals surface area contributed by atoms with Gasteiger partial charge in [0.15, 0.2) is 0 Å². The van der Waals surface area contributed by atoms with Crippen molar-refractivity contribution < 1.29 is 4.74 Å². The molecule has 1 fully saturated rings. The molecule has 4 nitrogen and oxygen atoms in total. The number of benzene rings is 1. The summed E-state index contributed by atoms with van der Waals surface area (Å²) in [5.41, 5.74) is 3.41. The zero-order valence-corrected chi connectivity index (χ0v) is 13.9. The third kappa shape index (κ3) is 2.97. The summed E-state index contributed by atoms with van der Waals surface area (Å²) in [6.07, 6.45) is 11.8. The highest BCUT2D eigenvalue weighted by Crippen LogP contribution is 2.28. The first-order valence-electron chi connectivity index (χ1n) is 8.46. The number of allylic oxidation sites excluding steroid dienone is 6. The molecule has 1 aliphatic heterocycles. The molecule has 24 heavy (non-hydrogen) atoms. The van der Waals surface area contributed by atoms with Gasteiger partial charge in [0.2, 0.25) is 0 Å². The van der Waals surface area contributed by atoms with Gasteiger partial charge in [0.25, 0.3) is 0 Å². The number of fused-ring (bicyclic) bond motifs is 1. The Morgan fingerprint density at radius 1 is 1.08 bits per heavy atom. The SMILES string of the molecule is Cc1nc(N2CCOCC2)c2ccc(C3=CC=CCC=C3)cc2n1. The van der Waals surface area contributed by atoms with Crippen LogP contribution in [0.25, 0.3) is 16.5 Å². The smallest absolute Gasteiger partial charge is 0.140 e. The predicted molar refractivity (Wildman–Crippen MR) is 98.2 cm³/mol. The molecule has 0 bridgehead atoms. The van der Waals surface area contributed by atoms with E-state index in [4.69, 9.17) is 9.72 Å². The summed E-state index contributed by atoms with van der Waals surface area (Å²) in [7, 11) is 0. The molecule has 0 radical (unpaired) electrons. The summed E-state index contributed by atoms with van der Waals surface area (Å²) in [5, 5.41) is 1.11. The van der Waals surface area contributed by atoms with E-state index in [-0.39, 0.29) is 0 Å². The molecule has 0 unspecified atom stereocenters. The fourth-order valence-corrected chi connectivity index (χ4v) is 3.19. The van der Waals surface area contributed by atoms with Crippen LogP contribution in [0, 0.1) is 6.92 Å². The van der Waals surface area contributed by atoms with Gasteiger partial charge < -0.3 is 9.64 Å². The summed E-state index contributed by atoms with van der Waals surface area (Å²) in [5.74, 6) is 1.84. The molecule has 2 aromatic rings. The summed E-state index contributed by atoms with van der Waals surface area (Å²) in [4.78, 5) is 11.7. The summed E-state index contributed by atoms with van der Waals surface area (Å²) in [6, 6.07) is 6.49. The van der Waals surface area contributed by atoms with Gasteiger partial charge in [-0.15, -0.1) is 0 Å². The maximum atomic E-state index is 5.47. The number of hydrogen-bond acceptors (Lipinski definition) is 4. The highest BCUT2D eigenvalue weighted by molar-refractivity contribution is 5.93. The number of nitrogens with zero attached hydrogens (tertiary/aromatic N) is 3. The maximum absolute atomic E-state index is 5.47. The summed E-state index contributed by atoms with van der Waals surface area (Å²) >= 11 is 0. The lowest BCUT2D eigenvalue weighted by Gasteiger charge is -2.28. The molecular weight excluding hydrogens is 298 g/mol. The third-order valence-corrected chi connectivity index (χ3v) is 4.41. The van der Waals surface area contributed by atoms with E-state index >= 15 is 0 Å². The second-order valence-corrected chi connectivity index (χ2v) is 6.11. The number of anilines is 1. The van der Waals surface area contributed by atoms with Crippen LogP contribution < -0.4 is 4.90 Å². The van der Waals surface area contributed by atoms with Crippen LogP contribution >= 0.6 is 0 Å². The Hall–Kier alpha value is -2.46. The highest BCUT2D eigenvalue weighted by Gasteiger charge is 2.17. The average molecular weight is 319 g/mol. The van der Waals surface area contributed by atoms with Gasteiger partial charge in [-0.25, -0.2) is 9.97 Å². The Labute approximate surface area is 142 Å². The summed E-state index contributed by atoms with van der Waals surface area (Å²) in [6.45, 7) is 5.24. The fraction of sp³-hybridized carbons (Fsp3) is 0.300. The molecule has 1 saturated heterocycles. The molecule has 0 saturated carbocycles. The molecule has 1 aromatic heterocycles. The molecule has 0 spiro atoms. The minimum Gasteiger partial charge on any atom is -0.378 e. The second-order valence-electron chi connectivity index (χ2n) is 6.11. The molecule has 1 aromatic carbocycles. The predicted octanol–water partition coefficient (Wildman–Crippen LogP) is 3.67. The van der Waals surface area contributed by atoms with Gasteiger partial charge in [-0.05, 0) is 36.6 Å². The summed E-state index contributed by atoms with van der Waals surface area (Å²) < 4.78 is 5.47. The third-order valence-electron chi connectivity index (χ3n) is 4.41. The number of aryl methyl sites for hydroxylation is 1. The lowest BCUT2D eigenvalue weighted by molar-refractivity contribution is 0.122. The van der Waals surface area contributed by atoms with E-state index in [0.717, 1.165) is 55.3 Å². The monoisotopic (exact) mass is 319 g/mol. The van der Waals surface area contributed by atoms with E-state index in [0.29, 0.717) is 0 Å². The van der Waals surface area contributed by atoms with E-state index in [1.165, 1.54) is 11.1 Å². The number of morpholine rings is 1. The maximum Gasteiger partial charge on any atom is 0.140 e. The first-order chi connectivity index (χ1) is 11.8. The van der Waals surface area contributed by atoms with Gasteiger partial charge in [0.05, 0.1) is 18.7 Å². The van der Waals surface area contributed by atoms with Crippen molar-refractivity contribution in [1.82, 2.24) is 9.97 Å². The van der Waals surface area contributed by atoms with Crippen molar-refractivity contribution >= 4 is 22.3 Å². The molecule has 0 N–H and O–H groups in total. The van der Waals surface area contributed by atoms with Gasteiger partial charge in [-0.2, -0.15) is 0 Å². The van der Waals surface area contributed by atoms with E-state index in [1.54, 1.807) is 0 Å². The minimum atomic E-state index is 0.757. The standard InChI is InChI=1S/C20H21N3O/c1-15-21-19-14-17(16-6-4-2-3-5-7-16)8-9-18(19)20(22-15)23-10-12-24-13-11-23/h2,4-9,14H,3,10-13H2,1H3. The first-order valence-corrected chi connectivity index (χ1v) is 8.46. The number of aromatic nitrogens is 2. The molecular formula is C20H21N3O. The van der Waals surface area contributed by atoms with Crippen LogP contribution in [-0.2, 0) is 4.74 Å². The minimum absolute atomic E-state index is 0.757. The van der Waals surface area contributed by atoms with Gasteiger partial charge in [0.1, 0.15) is 11.6 Å². The molecule has 0 amide bonds. The largest absolute Gasteiger partial charge is 0.378 e. The fourth-order valence-electron chi connectivity index (χ4n) is 3.19. The van der Waals surface area contributed by atoms with Crippen molar-refractivity contribution in [3.63, 3.8) is 0 Å². The van der Waals surface area contributed by atoms with E-state index in [9.17, 15) is 0 Å². The van der Waals surface area contributed by atoms with Crippen molar-refractivity contribution in [2.75, 3.05) is 31.2 Å². The molecule has 0 atom stereocenters. The van der Waals surface area contributed by atoms with Gasteiger partial charge >= 0.3 is 0 Å². The lowest BCUT2D eigenvalue weighted by atomic mass is 10.0. The molecule has 2 aliphatic rings. The molecule has 4 heteroatoms. The zero-order chi connectivity index (χ0) is 16.4. The van der Waals surface area contributed by atoms with Gasteiger partial charge in [0, 0.05) is 18.5 Å². The van der Waals surface area contributed by atoms with Crippen molar-refractivity contribution in [2.24, 2.45) is 0 Å². The van der Waals surface area contributed by atoms with Gasteiger partial charge in [-0.3, -0.25) is 0 Å². The van der Waals surface area contributed by atoms with Crippen molar-refractivity contribution in [1.29, 1.82) is 0 Å². The van der Waals surface area contributed by atoms with Crippen LogP contribution in [0.3, 0.4) is 0 Å². The van der Waals surface area contributed by atoms with Crippen molar-refractivity contribution in [3.05, 3.63) is 60.0 Å². The average Bonchev–Trinajstić information content (AvgIpc) is 2.90. The van der Waals surface area contributed by atoms with Crippen molar-refractivity contribution in [3.8, 4) is 0 Å². The molecule has 1 aliphatic carbocycles. The molecule has 2 heterocycles. The van der Waals surface area contributed by atoms with Gasteiger partial charge in [-0.1, -0.05) is 36.4 Å². The lowest BCUT2D eigenvalue weighted by Crippen LogP contribution is -2.37. The quantitative estimate of drug-likeness (QED) is 0.846. The van der Waals surface area contributed by atoms with Crippen LogP contribution in [0.4, 0.5) is 5.82 Å². The van der Waals surface area contributed by atoms with E-state index in [2.05, 4.69) is 58.5 Å². The Balaban J connectivity index is 1.80. The van der Waals surface area contributed by atoms with Crippen LogP contribution in [0.1, 0.15) is 17.8 Å². The zero-order valence-electron chi connectivity index (χ0n) is 13.9. The Morgan fingerprint density at radius 3 is 2.83 bits per heavy atom. The van der Waals surface area contributed by atoms with Crippen LogP contribution in [0.2, 0.25) is 0 Å². The van der Waals surface area contributed by atoms with E-state index < -0.39 is 0 Å². The Bertz CT molecular complexity index is 845. The Kier molecular flexibility index (Phi) is 4.13. The first kappa shape index (κ1) is 15.1. The number of ether oxygens (including phenoxy) is 1. The molecule has 4 rings (SSSR count). The highest BCUT2D eigenvalue weighted by atomic mass is 16.5. The number of hydrogen-bond donors (Lipinski definition) is 0. The van der Waals surface area contributed by atoms with Crippen LogP contribution in [0.15, 0.2) is 48.6 Å². The topological polar surface area (TPSA) is 38.2 Å². The van der Waals surface area contributed by atoms with Crippen LogP contribution in [0.5, 0.6) is 0 Å². The normalized spacial score (nSPS) is 17.9.